The number of rotatable bonds is 6. The van der Waals surface area contributed by atoms with Crippen molar-refractivity contribution in [2.45, 2.75) is 27.1 Å². The van der Waals surface area contributed by atoms with Gasteiger partial charge in [-0.25, -0.2) is 4.68 Å². The molecule has 1 N–H and O–H groups in total. The number of hydrogen-bond donors (Lipinski definition) is 1. The highest BCUT2D eigenvalue weighted by Gasteiger charge is 2.16. The predicted octanol–water partition coefficient (Wildman–Crippen LogP) is 4.88. The second kappa shape index (κ2) is 8.97. The normalized spacial score (nSPS) is 11.1. The van der Waals surface area contributed by atoms with E-state index in [1.165, 1.54) is 0 Å². The monoisotopic (exact) mass is 565 g/mol. The second-order valence-electron chi connectivity index (χ2n) is 6.97. The van der Waals surface area contributed by atoms with Crippen LogP contribution in [0.15, 0.2) is 51.7 Å². The number of carbonyl (C=O) groups is 1. The summed E-state index contributed by atoms with van der Waals surface area (Å²) < 4.78 is 6.87. The van der Waals surface area contributed by atoms with Gasteiger partial charge in [0.25, 0.3) is 5.91 Å². The lowest BCUT2D eigenvalue weighted by Gasteiger charge is -2.05. The molecule has 4 aromatic rings. The number of aryl methyl sites for hydroxylation is 1. The Morgan fingerprint density at radius 2 is 1.81 bits per heavy atom. The molecule has 4 rings (SSSR count). The van der Waals surface area contributed by atoms with Gasteiger partial charge in [0.1, 0.15) is 6.67 Å². The molecule has 1 amide bonds. The lowest BCUT2D eigenvalue weighted by atomic mass is 10.2. The highest BCUT2D eigenvalue weighted by Crippen LogP contribution is 2.22. The molecular weight excluding hydrogens is 550 g/mol. The molecule has 0 aliphatic carbocycles. The van der Waals surface area contributed by atoms with Gasteiger partial charge in [0.15, 0.2) is 11.5 Å². The number of nitrogens with zero attached hydrogens (tertiary/aromatic N) is 6. The number of amides is 1. The van der Waals surface area contributed by atoms with Crippen molar-refractivity contribution in [3.63, 3.8) is 0 Å². The second-order valence-corrected chi connectivity index (χ2v) is 9.05. The van der Waals surface area contributed by atoms with Gasteiger partial charge in [-0.3, -0.25) is 14.2 Å². The number of benzene rings is 1. The molecule has 160 valence electrons. The summed E-state index contributed by atoms with van der Waals surface area (Å²) in [5, 5.41) is 16.7. The molecule has 0 saturated carbocycles. The molecule has 0 unspecified atom stereocenters. The molecule has 0 fully saturated rings. The largest absolute Gasteiger partial charge is 0.303 e. The first-order valence-electron chi connectivity index (χ1n) is 9.32. The Kier molecular flexibility index (Phi) is 6.31. The summed E-state index contributed by atoms with van der Waals surface area (Å²) in [5.74, 6) is 0.0849. The van der Waals surface area contributed by atoms with Gasteiger partial charge in [0.05, 0.1) is 26.9 Å². The Bertz CT molecular complexity index is 1240. The summed E-state index contributed by atoms with van der Waals surface area (Å²) in [6.45, 7) is 4.86. The molecule has 8 nitrogen and oxygen atoms in total. The van der Waals surface area contributed by atoms with Gasteiger partial charge in [-0.05, 0) is 69.5 Å². The molecule has 3 aromatic heterocycles. The van der Waals surface area contributed by atoms with E-state index in [2.05, 4.69) is 52.5 Å². The maximum Gasteiger partial charge on any atom is 0.277 e. The van der Waals surface area contributed by atoms with E-state index in [0.29, 0.717) is 34.2 Å². The van der Waals surface area contributed by atoms with Crippen LogP contribution in [-0.2, 0) is 13.2 Å². The maximum atomic E-state index is 12.7. The van der Waals surface area contributed by atoms with E-state index in [1.807, 2.05) is 49.0 Å². The first-order valence-corrected chi connectivity index (χ1v) is 11.3. The smallest absolute Gasteiger partial charge is 0.277 e. The number of anilines is 1. The van der Waals surface area contributed by atoms with Crippen molar-refractivity contribution in [3.8, 4) is 0 Å². The summed E-state index contributed by atoms with van der Waals surface area (Å²) in [4.78, 5) is 12.7. The van der Waals surface area contributed by atoms with Crippen LogP contribution in [0.3, 0.4) is 0 Å². The minimum atomic E-state index is -0.342. The van der Waals surface area contributed by atoms with Crippen LogP contribution in [0.5, 0.6) is 0 Å². The Morgan fingerprint density at radius 1 is 1.06 bits per heavy atom. The highest BCUT2D eigenvalue weighted by molar-refractivity contribution is 9.11. The Balaban J connectivity index is 1.43. The van der Waals surface area contributed by atoms with E-state index in [-0.39, 0.29) is 5.91 Å². The molecule has 0 saturated heterocycles. The maximum absolute atomic E-state index is 12.7. The number of aromatic nitrogens is 6. The molecule has 31 heavy (non-hydrogen) atoms. The lowest BCUT2D eigenvalue weighted by Crippen LogP contribution is -2.16. The van der Waals surface area contributed by atoms with Crippen molar-refractivity contribution in [3.05, 3.63) is 79.3 Å². The molecule has 0 radical (unpaired) electrons. The van der Waals surface area contributed by atoms with Crippen LogP contribution >= 0.6 is 43.5 Å². The molecule has 0 bridgehead atoms. The van der Waals surface area contributed by atoms with E-state index < -0.39 is 0 Å². The van der Waals surface area contributed by atoms with E-state index in [0.717, 1.165) is 21.4 Å². The zero-order valence-electron chi connectivity index (χ0n) is 16.7. The van der Waals surface area contributed by atoms with Gasteiger partial charge in [0, 0.05) is 17.4 Å². The van der Waals surface area contributed by atoms with Crippen molar-refractivity contribution < 1.29 is 4.79 Å². The number of nitrogens with one attached hydrogen (secondary N) is 1. The van der Waals surface area contributed by atoms with Crippen LogP contribution in [0.1, 0.15) is 27.4 Å². The van der Waals surface area contributed by atoms with Crippen molar-refractivity contribution in [2.24, 2.45) is 0 Å². The van der Waals surface area contributed by atoms with E-state index in [9.17, 15) is 4.79 Å². The van der Waals surface area contributed by atoms with Gasteiger partial charge in [-0.1, -0.05) is 23.7 Å². The van der Waals surface area contributed by atoms with Crippen LogP contribution in [0, 0.1) is 13.8 Å². The van der Waals surface area contributed by atoms with Crippen LogP contribution in [0.2, 0.25) is 5.02 Å². The predicted molar refractivity (Wildman–Crippen MR) is 125 cm³/mol. The van der Waals surface area contributed by atoms with Crippen LogP contribution in [-0.4, -0.2) is 35.2 Å². The number of hydrogen-bond acceptors (Lipinski definition) is 4. The number of halogens is 3. The number of carbonyl (C=O) groups excluding carboxylic acids is 1. The molecule has 1 aromatic carbocycles. The zero-order valence-corrected chi connectivity index (χ0v) is 20.6. The fourth-order valence-corrected chi connectivity index (χ4v) is 3.85. The zero-order chi connectivity index (χ0) is 22.1. The van der Waals surface area contributed by atoms with Crippen LogP contribution in [0.4, 0.5) is 5.82 Å². The van der Waals surface area contributed by atoms with Crippen molar-refractivity contribution in [2.75, 3.05) is 5.32 Å². The minimum absolute atomic E-state index is 0.291. The third-order valence-electron chi connectivity index (χ3n) is 4.65. The van der Waals surface area contributed by atoms with Gasteiger partial charge >= 0.3 is 0 Å². The average molecular weight is 568 g/mol. The lowest BCUT2D eigenvalue weighted by molar-refractivity contribution is 0.102. The molecule has 3 heterocycles. The third kappa shape index (κ3) is 4.91. The van der Waals surface area contributed by atoms with Gasteiger partial charge < -0.3 is 5.32 Å². The minimum Gasteiger partial charge on any atom is -0.303 e. The summed E-state index contributed by atoms with van der Waals surface area (Å²) in [6, 6.07) is 9.20. The van der Waals surface area contributed by atoms with Crippen molar-refractivity contribution >= 4 is 55.2 Å². The molecule has 0 atom stereocenters. The first kappa shape index (κ1) is 21.8. The Morgan fingerprint density at radius 3 is 2.48 bits per heavy atom. The highest BCUT2D eigenvalue weighted by atomic mass is 79.9. The van der Waals surface area contributed by atoms with Gasteiger partial charge in [-0.2, -0.15) is 15.3 Å². The van der Waals surface area contributed by atoms with Gasteiger partial charge in [-0.15, -0.1) is 0 Å². The van der Waals surface area contributed by atoms with Crippen LogP contribution < -0.4 is 5.32 Å². The fourth-order valence-electron chi connectivity index (χ4n) is 3.02. The van der Waals surface area contributed by atoms with Crippen molar-refractivity contribution in [1.82, 2.24) is 29.3 Å². The summed E-state index contributed by atoms with van der Waals surface area (Å²) in [5.41, 5.74) is 3.24. The summed E-state index contributed by atoms with van der Waals surface area (Å²) in [6.07, 6.45) is 3.55. The van der Waals surface area contributed by atoms with E-state index in [4.69, 9.17) is 11.6 Å². The quantitative estimate of drug-likeness (QED) is 0.360. The molecule has 11 heteroatoms. The molecule has 0 spiro atoms. The fraction of sp³-hybridized carbons (Fsp3) is 0.200. The van der Waals surface area contributed by atoms with E-state index in [1.54, 1.807) is 21.6 Å². The Hall–Kier alpha value is -2.43. The SMILES string of the molecule is Cc1nn(Cn2ccc(C(=O)Nc3nn(Cc4ccc(Cl)cc4)cc3Br)n2)c(C)c1Br. The summed E-state index contributed by atoms with van der Waals surface area (Å²) in [7, 11) is 0. The first-order chi connectivity index (χ1) is 14.8. The Labute approximate surface area is 200 Å². The van der Waals surface area contributed by atoms with Gasteiger partial charge in [0.2, 0.25) is 0 Å². The molecule has 0 aliphatic heterocycles. The van der Waals surface area contributed by atoms with E-state index >= 15 is 0 Å². The standard InChI is InChI=1S/C20H18Br2ClN7O/c1-12-18(22)13(2)30(25-12)11-28-8-7-17(26-28)20(31)24-19-16(21)10-29(27-19)9-14-3-5-15(23)6-4-14/h3-8,10H,9,11H2,1-2H3,(H,24,27,31). The third-order valence-corrected chi connectivity index (χ3v) is 6.63. The van der Waals surface area contributed by atoms with Crippen molar-refractivity contribution in [1.29, 1.82) is 0 Å². The topological polar surface area (TPSA) is 82.6 Å². The average Bonchev–Trinajstić information content (AvgIpc) is 3.40. The molecule has 0 aliphatic rings. The summed E-state index contributed by atoms with van der Waals surface area (Å²) >= 11 is 12.9. The molecular formula is C20H18Br2ClN7O. The van der Waals surface area contributed by atoms with Crippen LogP contribution in [0.25, 0.3) is 0 Å².